The number of carbonyl (C=O) groups is 1. The van der Waals surface area contributed by atoms with E-state index in [1.54, 1.807) is 13.2 Å². The van der Waals surface area contributed by atoms with Crippen LogP contribution < -0.4 is 24.0 Å². The maximum Gasteiger partial charge on any atom is 0.280 e. The highest BCUT2D eigenvalue weighted by Crippen LogP contribution is 2.26. The molecule has 0 aromatic carbocycles. The first-order valence-electron chi connectivity index (χ1n) is 5.10. The van der Waals surface area contributed by atoms with E-state index in [9.17, 15) is 4.79 Å². The Hall–Kier alpha value is -0.0500. The molecule has 1 N–H and O–H groups in total. The molecule has 0 spiro atoms. The van der Waals surface area contributed by atoms with Crippen LogP contribution in [0.5, 0.6) is 0 Å². The summed E-state index contributed by atoms with van der Waals surface area (Å²) in [4.78, 5) is 12.0. The molecule has 0 bridgehead atoms. The van der Waals surface area contributed by atoms with Crippen LogP contribution >= 0.6 is 11.9 Å². The highest BCUT2D eigenvalue weighted by atomic mass is 127. The lowest BCUT2D eigenvalue weighted by Gasteiger charge is -2.24. The van der Waals surface area contributed by atoms with Gasteiger partial charge in [-0.1, -0.05) is 0 Å². The molecule has 0 amide bonds. The number of nitrogens with zero attached hydrogens (tertiary/aromatic N) is 1. The number of rotatable bonds is 4. The minimum atomic E-state index is -0.0119. The molecule has 0 aliphatic rings. The van der Waals surface area contributed by atoms with Gasteiger partial charge >= 0.3 is 0 Å². The van der Waals surface area contributed by atoms with Crippen LogP contribution in [0.2, 0.25) is 0 Å². The predicted molar refractivity (Wildman–Crippen MR) is 64.2 cm³/mol. The summed E-state index contributed by atoms with van der Waals surface area (Å²) in [5.74, 6) is 0.652. The largest absolute Gasteiger partial charge is 1.00 e. The monoisotopic (exact) mass is 371 g/mol. The van der Waals surface area contributed by atoms with Gasteiger partial charge in [-0.2, -0.15) is 0 Å². The van der Waals surface area contributed by atoms with Gasteiger partial charge in [0, 0.05) is 0 Å². The summed E-state index contributed by atoms with van der Waals surface area (Å²) < 4.78 is 5.60. The van der Waals surface area contributed by atoms with Crippen molar-refractivity contribution in [1.29, 1.82) is 0 Å². The number of aliphatic hydroxyl groups excluding tert-OH is 1. The summed E-state index contributed by atoms with van der Waals surface area (Å²) >= 11 is 1.19. The van der Waals surface area contributed by atoms with E-state index in [0.717, 1.165) is 5.56 Å². The van der Waals surface area contributed by atoms with E-state index < -0.39 is 0 Å². The average molecular weight is 371 g/mol. The highest BCUT2D eigenvalue weighted by molar-refractivity contribution is 8.09. The fraction of sp³-hybridized carbons (Fsp3) is 0.545. The molecule has 0 aliphatic heterocycles. The Morgan fingerprint density at radius 1 is 1.47 bits per heavy atom. The summed E-state index contributed by atoms with van der Waals surface area (Å²) in [6.07, 6.45) is 1.59. The van der Waals surface area contributed by atoms with Gasteiger partial charge in [0.1, 0.15) is 12.3 Å². The first-order chi connectivity index (χ1) is 7.37. The minimum absolute atomic E-state index is 0. The number of likely N-dealkylation sites (N-methyl/N-ethyl adjacent to an activating group) is 1. The molecule has 0 unspecified atom stereocenters. The zero-order chi connectivity index (χ0) is 12.3. The van der Waals surface area contributed by atoms with Crippen molar-refractivity contribution in [3.8, 4) is 0 Å². The molecule has 1 rings (SSSR count). The first kappa shape index (κ1) is 16.9. The Bertz CT molecular complexity index is 371. The van der Waals surface area contributed by atoms with Gasteiger partial charge in [0.2, 0.25) is 0 Å². The predicted octanol–water partition coefficient (Wildman–Crippen LogP) is -1.24. The van der Waals surface area contributed by atoms with Crippen molar-refractivity contribution >= 4 is 17.1 Å². The maximum atomic E-state index is 12.0. The zero-order valence-electron chi connectivity index (χ0n) is 10.5. The van der Waals surface area contributed by atoms with Crippen LogP contribution in [0.4, 0.5) is 0 Å². The third kappa shape index (κ3) is 4.61. The molecular formula is C11H18INO3S. The topological polar surface area (TPSA) is 50.4 Å². The molecule has 1 aromatic heterocycles. The second kappa shape index (κ2) is 6.77. The Kier molecular flexibility index (Phi) is 6.75. The van der Waals surface area contributed by atoms with E-state index in [2.05, 4.69) is 0 Å². The fourth-order valence-corrected chi connectivity index (χ4v) is 2.45. The Balaban J connectivity index is 0.00000256. The van der Waals surface area contributed by atoms with Gasteiger partial charge in [-0.3, -0.25) is 8.68 Å². The second-order valence-electron chi connectivity index (χ2n) is 4.25. The third-order valence-electron chi connectivity index (χ3n) is 2.33. The van der Waals surface area contributed by atoms with Crippen LogP contribution in [-0.4, -0.2) is 41.4 Å². The summed E-state index contributed by atoms with van der Waals surface area (Å²) in [6.45, 7) is 4.24. The van der Waals surface area contributed by atoms with Crippen molar-refractivity contribution in [2.75, 3.05) is 27.2 Å². The summed E-state index contributed by atoms with van der Waals surface area (Å²) in [5, 5.41) is 8.88. The van der Waals surface area contributed by atoms with Crippen molar-refractivity contribution in [2.45, 2.75) is 13.8 Å². The average Bonchev–Trinajstić information content (AvgIpc) is 2.44. The lowest BCUT2D eigenvalue weighted by atomic mass is 10.2. The maximum absolute atomic E-state index is 12.0. The summed E-state index contributed by atoms with van der Waals surface area (Å²) in [7, 11) is 3.78. The van der Waals surface area contributed by atoms with E-state index in [1.807, 2.05) is 21.0 Å². The van der Waals surface area contributed by atoms with Crippen LogP contribution in [0.1, 0.15) is 21.7 Å². The third-order valence-corrected chi connectivity index (χ3v) is 3.38. The number of quaternary nitrogens is 1. The lowest BCUT2D eigenvalue weighted by molar-refractivity contribution is -0.750. The Morgan fingerprint density at radius 2 is 2.06 bits per heavy atom. The molecule has 0 atom stereocenters. The van der Waals surface area contributed by atoms with E-state index in [-0.39, 0.29) is 35.7 Å². The molecule has 17 heavy (non-hydrogen) atoms. The van der Waals surface area contributed by atoms with Crippen molar-refractivity contribution in [1.82, 2.24) is 0 Å². The molecule has 0 saturated carbocycles. The number of aryl methyl sites for hydroxylation is 2. The number of aliphatic hydroxyl groups is 1. The van der Waals surface area contributed by atoms with Gasteiger partial charge in [-0.05, 0) is 19.4 Å². The van der Waals surface area contributed by atoms with E-state index >= 15 is 0 Å². The van der Waals surface area contributed by atoms with Crippen molar-refractivity contribution < 1.29 is 42.2 Å². The second-order valence-corrected chi connectivity index (χ2v) is 5.79. The van der Waals surface area contributed by atoms with Gasteiger partial charge in [-0.25, -0.2) is 0 Å². The normalized spacial score (nSPS) is 11.1. The molecule has 0 radical (unpaired) electrons. The standard InChI is InChI=1S/C11H18NO3S.HI/c1-8-7-15-9(2)10(8)11(14)16-12(3,4)5-6-13;/h7,13H,5-6H2,1-4H3;1H/q+1;/p-1. The highest BCUT2D eigenvalue weighted by Gasteiger charge is 2.27. The molecule has 0 aliphatic carbocycles. The van der Waals surface area contributed by atoms with Gasteiger partial charge in [0.05, 0.1) is 32.5 Å². The van der Waals surface area contributed by atoms with Crippen molar-refractivity contribution in [3.05, 3.63) is 23.2 Å². The summed E-state index contributed by atoms with van der Waals surface area (Å²) in [6, 6.07) is 0. The smallest absolute Gasteiger partial charge is 0.280 e. The lowest BCUT2D eigenvalue weighted by Crippen LogP contribution is -3.00. The van der Waals surface area contributed by atoms with Crippen molar-refractivity contribution in [3.63, 3.8) is 0 Å². The number of carbonyl (C=O) groups excluding carboxylic acids is 1. The van der Waals surface area contributed by atoms with Crippen LogP contribution in [-0.2, 0) is 0 Å². The molecule has 6 heteroatoms. The number of hydrogen-bond donors (Lipinski definition) is 1. The molecule has 4 nitrogen and oxygen atoms in total. The SMILES string of the molecule is Cc1coc(C)c1C(=O)S[N+](C)(C)CCO.[I-]. The van der Waals surface area contributed by atoms with E-state index in [0.29, 0.717) is 21.8 Å². The molecule has 1 aromatic rings. The number of halogens is 1. The van der Waals surface area contributed by atoms with E-state index in [4.69, 9.17) is 9.52 Å². The van der Waals surface area contributed by atoms with Gasteiger partial charge in [0.25, 0.3) is 5.12 Å². The Morgan fingerprint density at radius 3 is 2.47 bits per heavy atom. The molecule has 0 saturated heterocycles. The first-order valence-corrected chi connectivity index (χ1v) is 5.87. The van der Waals surface area contributed by atoms with Crippen LogP contribution in [0.15, 0.2) is 10.7 Å². The minimum Gasteiger partial charge on any atom is -1.00 e. The number of hydrogen-bond acceptors (Lipinski definition) is 4. The molecule has 0 fully saturated rings. The quantitative estimate of drug-likeness (QED) is 0.409. The fourth-order valence-electron chi connectivity index (χ4n) is 1.43. The molecule has 1 heterocycles. The summed E-state index contributed by atoms with van der Waals surface area (Å²) in [5.41, 5.74) is 1.51. The van der Waals surface area contributed by atoms with Gasteiger partial charge in [-0.15, -0.1) is 0 Å². The van der Waals surface area contributed by atoms with E-state index in [1.165, 1.54) is 11.9 Å². The van der Waals surface area contributed by atoms with Gasteiger partial charge in [0.15, 0.2) is 11.9 Å². The van der Waals surface area contributed by atoms with Crippen LogP contribution in [0.3, 0.4) is 0 Å². The van der Waals surface area contributed by atoms with Crippen LogP contribution in [0, 0.1) is 13.8 Å². The van der Waals surface area contributed by atoms with Gasteiger partial charge < -0.3 is 33.5 Å². The van der Waals surface area contributed by atoms with Crippen LogP contribution in [0.25, 0.3) is 0 Å². The zero-order valence-corrected chi connectivity index (χ0v) is 13.5. The molecular weight excluding hydrogens is 353 g/mol. The van der Waals surface area contributed by atoms with Crippen molar-refractivity contribution in [2.24, 2.45) is 0 Å². The number of furan rings is 1. The Labute approximate surface area is 123 Å². The molecule has 98 valence electrons.